The van der Waals surface area contributed by atoms with Crippen molar-refractivity contribution in [2.45, 2.75) is 12.6 Å². The van der Waals surface area contributed by atoms with Crippen LogP contribution in [-0.2, 0) is 11.3 Å². The predicted molar refractivity (Wildman–Crippen MR) is 153 cm³/mol. The molecule has 6 nitrogen and oxygen atoms in total. The molecular weight excluding hydrogens is 505 g/mol. The maximum atomic E-state index is 14.4. The molecule has 4 aromatic carbocycles. The van der Waals surface area contributed by atoms with Gasteiger partial charge in [0, 0.05) is 47.7 Å². The fourth-order valence-corrected chi connectivity index (χ4v) is 5.89. The van der Waals surface area contributed by atoms with Crippen LogP contribution >= 0.6 is 0 Å². The second kappa shape index (κ2) is 9.84. The van der Waals surface area contributed by atoms with Gasteiger partial charge in [-0.15, -0.1) is 0 Å². The number of amides is 1. The van der Waals surface area contributed by atoms with Gasteiger partial charge in [0.2, 0.25) is 0 Å². The van der Waals surface area contributed by atoms with Crippen LogP contribution in [0.3, 0.4) is 0 Å². The number of phenols is 1. The van der Waals surface area contributed by atoms with Gasteiger partial charge in [0.15, 0.2) is 0 Å². The number of aromatic hydroxyl groups is 1. The molecular formula is C33H28FN3O3. The van der Waals surface area contributed by atoms with E-state index in [0.717, 1.165) is 59.6 Å². The summed E-state index contributed by atoms with van der Waals surface area (Å²) in [5.74, 6) is -0.690. The molecule has 1 unspecified atom stereocenters. The number of benzene rings is 4. The Labute approximate surface area is 231 Å². The van der Waals surface area contributed by atoms with Crippen molar-refractivity contribution in [3.8, 4) is 16.9 Å². The Balaban J connectivity index is 1.24. The Morgan fingerprint density at radius 3 is 2.45 bits per heavy atom. The number of aromatic amines is 1. The van der Waals surface area contributed by atoms with Crippen LogP contribution in [0, 0.1) is 5.82 Å². The van der Waals surface area contributed by atoms with Gasteiger partial charge in [0.25, 0.3) is 5.91 Å². The summed E-state index contributed by atoms with van der Waals surface area (Å²) in [6.07, 6.45) is 0. The Hall–Kier alpha value is -4.62. The summed E-state index contributed by atoms with van der Waals surface area (Å²) in [4.78, 5) is 21.4. The lowest BCUT2D eigenvalue weighted by molar-refractivity contribution is 0.0726. The first-order chi connectivity index (χ1) is 19.5. The molecule has 7 heteroatoms. The molecule has 0 bridgehead atoms. The number of halogens is 1. The van der Waals surface area contributed by atoms with E-state index < -0.39 is 11.9 Å². The summed E-state index contributed by atoms with van der Waals surface area (Å²) in [5, 5.41) is 11.8. The van der Waals surface area contributed by atoms with Gasteiger partial charge in [0.05, 0.1) is 13.2 Å². The Morgan fingerprint density at radius 2 is 1.65 bits per heavy atom. The normalized spacial score (nSPS) is 16.0. The number of phenolic OH excluding ortho intramolecular Hbond substituents is 1. The van der Waals surface area contributed by atoms with Crippen molar-refractivity contribution in [3.63, 3.8) is 0 Å². The summed E-state index contributed by atoms with van der Waals surface area (Å²) in [6.45, 7) is 3.57. The standard InChI is InChI=1S/C33H28FN3O3/c34-25-9-12-31(38)28(19-25)32(30-18-23-3-1-2-4-29(23)35-30)37-20-24-6-5-22(17-27(24)33(37)39)21-7-10-26(11-8-21)36-13-15-40-16-14-36/h1-12,17-19,32,35,38H,13-16,20H2. The van der Waals surface area contributed by atoms with E-state index in [4.69, 9.17) is 4.74 Å². The Morgan fingerprint density at radius 1 is 0.875 bits per heavy atom. The number of nitrogens with zero attached hydrogens (tertiary/aromatic N) is 2. The van der Waals surface area contributed by atoms with Crippen molar-refractivity contribution in [2.75, 3.05) is 31.2 Å². The molecule has 0 spiro atoms. The number of nitrogens with one attached hydrogen (secondary N) is 1. The number of aromatic nitrogens is 1. The highest BCUT2D eigenvalue weighted by molar-refractivity contribution is 6.00. The van der Waals surface area contributed by atoms with Crippen molar-refractivity contribution in [1.29, 1.82) is 0 Å². The van der Waals surface area contributed by atoms with Crippen molar-refractivity contribution in [1.82, 2.24) is 9.88 Å². The minimum Gasteiger partial charge on any atom is -0.508 e. The number of hydrogen-bond acceptors (Lipinski definition) is 4. The molecule has 0 saturated carbocycles. The Bertz CT molecular complexity index is 1690. The molecule has 2 N–H and O–H groups in total. The summed E-state index contributed by atoms with van der Waals surface area (Å²) >= 11 is 0. The molecule has 1 amide bonds. The van der Waals surface area contributed by atoms with Crippen LogP contribution in [0.4, 0.5) is 10.1 Å². The smallest absolute Gasteiger partial charge is 0.255 e. The largest absolute Gasteiger partial charge is 0.508 e. The highest BCUT2D eigenvalue weighted by Gasteiger charge is 2.37. The topological polar surface area (TPSA) is 68.8 Å². The molecule has 3 heterocycles. The first kappa shape index (κ1) is 24.4. The predicted octanol–water partition coefficient (Wildman–Crippen LogP) is 6.26. The van der Waals surface area contributed by atoms with Crippen LogP contribution in [0.5, 0.6) is 5.75 Å². The van der Waals surface area contributed by atoms with E-state index in [0.29, 0.717) is 23.4 Å². The molecule has 1 fully saturated rings. The van der Waals surface area contributed by atoms with Crippen LogP contribution in [0.2, 0.25) is 0 Å². The third-order valence-electron chi connectivity index (χ3n) is 7.96. The summed E-state index contributed by atoms with van der Waals surface area (Å²) in [7, 11) is 0. The molecule has 40 heavy (non-hydrogen) atoms. The molecule has 0 radical (unpaired) electrons. The number of H-pyrrole nitrogens is 1. The van der Waals surface area contributed by atoms with Crippen molar-refractivity contribution in [3.05, 3.63) is 119 Å². The van der Waals surface area contributed by atoms with E-state index in [9.17, 15) is 14.3 Å². The van der Waals surface area contributed by atoms with Gasteiger partial charge in [-0.25, -0.2) is 4.39 Å². The molecule has 1 saturated heterocycles. The average Bonchev–Trinajstić information content (AvgIpc) is 3.56. The zero-order chi connectivity index (χ0) is 27.2. The zero-order valence-corrected chi connectivity index (χ0v) is 21.8. The van der Waals surface area contributed by atoms with Crippen LogP contribution in [-0.4, -0.2) is 47.2 Å². The highest BCUT2D eigenvalue weighted by Crippen LogP contribution is 2.41. The number of hydrogen-bond donors (Lipinski definition) is 2. The van der Waals surface area contributed by atoms with E-state index in [1.807, 2.05) is 48.5 Å². The summed E-state index contributed by atoms with van der Waals surface area (Å²) in [5.41, 5.74) is 6.62. The van der Waals surface area contributed by atoms with Gasteiger partial charge in [-0.2, -0.15) is 0 Å². The molecule has 2 aliphatic rings. The monoisotopic (exact) mass is 533 g/mol. The fraction of sp³-hybridized carbons (Fsp3) is 0.182. The molecule has 200 valence electrons. The van der Waals surface area contributed by atoms with E-state index in [1.165, 1.54) is 18.2 Å². The van der Waals surface area contributed by atoms with Gasteiger partial charge in [-0.05, 0) is 70.6 Å². The molecule has 1 aromatic heterocycles. The Kier molecular flexibility index (Phi) is 6.01. The number of ether oxygens (including phenoxy) is 1. The third-order valence-corrected chi connectivity index (χ3v) is 7.96. The van der Waals surface area contributed by atoms with Gasteiger partial charge in [0.1, 0.15) is 17.6 Å². The van der Waals surface area contributed by atoms with Gasteiger partial charge < -0.3 is 24.6 Å². The lowest BCUT2D eigenvalue weighted by atomic mass is 10.00. The van der Waals surface area contributed by atoms with Gasteiger partial charge in [-0.3, -0.25) is 4.79 Å². The minimum absolute atomic E-state index is 0.0603. The highest BCUT2D eigenvalue weighted by atomic mass is 19.1. The number of fused-ring (bicyclic) bond motifs is 2. The van der Waals surface area contributed by atoms with Crippen LogP contribution in [0.15, 0.2) is 91.0 Å². The van der Waals surface area contributed by atoms with Gasteiger partial charge in [-0.1, -0.05) is 42.5 Å². The molecule has 5 aromatic rings. The van der Waals surface area contributed by atoms with Crippen molar-refractivity contribution >= 4 is 22.5 Å². The third kappa shape index (κ3) is 4.28. The number of para-hydroxylation sites is 1. The zero-order valence-electron chi connectivity index (χ0n) is 21.8. The fourth-order valence-electron chi connectivity index (χ4n) is 5.89. The summed E-state index contributed by atoms with van der Waals surface area (Å²) < 4.78 is 19.9. The average molecular weight is 534 g/mol. The van der Waals surface area contributed by atoms with Crippen LogP contribution in [0.25, 0.3) is 22.0 Å². The lowest BCUT2D eigenvalue weighted by Gasteiger charge is -2.29. The van der Waals surface area contributed by atoms with Crippen molar-refractivity contribution < 1.29 is 19.0 Å². The number of rotatable bonds is 5. The number of anilines is 1. The van der Waals surface area contributed by atoms with E-state index in [-0.39, 0.29) is 11.7 Å². The van der Waals surface area contributed by atoms with Crippen molar-refractivity contribution in [2.24, 2.45) is 0 Å². The molecule has 7 rings (SSSR count). The lowest BCUT2D eigenvalue weighted by Crippen LogP contribution is -2.36. The number of carbonyl (C=O) groups is 1. The maximum Gasteiger partial charge on any atom is 0.255 e. The van der Waals surface area contributed by atoms with Gasteiger partial charge >= 0.3 is 0 Å². The van der Waals surface area contributed by atoms with E-state index in [2.05, 4.69) is 34.1 Å². The SMILES string of the molecule is O=C1c2cc(-c3ccc(N4CCOCC4)cc3)ccc2CN1C(c1cc2ccccc2[nH]1)c1cc(F)ccc1O. The van der Waals surface area contributed by atoms with Crippen LogP contribution in [0.1, 0.15) is 33.2 Å². The minimum atomic E-state index is -0.695. The second-order valence-corrected chi connectivity index (χ2v) is 10.4. The van der Waals surface area contributed by atoms with E-state index >= 15 is 0 Å². The molecule has 0 aliphatic carbocycles. The first-order valence-corrected chi connectivity index (χ1v) is 13.5. The second-order valence-electron chi connectivity index (χ2n) is 10.4. The molecule has 2 aliphatic heterocycles. The molecule has 1 atom stereocenters. The number of morpholine rings is 1. The van der Waals surface area contributed by atoms with Crippen LogP contribution < -0.4 is 4.90 Å². The summed E-state index contributed by atoms with van der Waals surface area (Å²) in [6, 6.07) is 27.3. The quantitative estimate of drug-likeness (QED) is 0.280. The van der Waals surface area contributed by atoms with E-state index in [1.54, 1.807) is 4.90 Å². The first-order valence-electron chi connectivity index (χ1n) is 13.5. The number of carbonyl (C=O) groups excluding carboxylic acids is 1. The maximum absolute atomic E-state index is 14.4.